The third-order valence-electron chi connectivity index (χ3n) is 8.36. The minimum Gasteiger partial charge on any atom is -0.456 e. The number of hydrogen-bond acceptors (Lipinski definition) is 4. The summed E-state index contributed by atoms with van der Waals surface area (Å²) in [5.74, 6) is 1.24. The Morgan fingerprint density at radius 2 is 1.16 bits per heavy atom. The van der Waals surface area contributed by atoms with Gasteiger partial charge in [0, 0.05) is 38.4 Å². The Hall–Kier alpha value is -6.07. The molecule has 0 aliphatic carbocycles. The number of nitrogens with zero attached hydrogens (tertiary/aromatic N) is 4. The average molecular weight is 565 g/mol. The molecule has 44 heavy (non-hydrogen) atoms. The second kappa shape index (κ2) is 9.75. The zero-order valence-corrected chi connectivity index (χ0v) is 23.6. The van der Waals surface area contributed by atoms with E-state index in [1.165, 1.54) is 21.8 Å². The number of hydrogen-bond donors (Lipinski definition) is 0. The first-order valence-electron chi connectivity index (χ1n) is 14.6. The van der Waals surface area contributed by atoms with Gasteiger partial charge >= 0.3 is 0 Å². The normalized spacial score (nSPS) is 11.6. The number of fused-ring (bicyclic) bond motifs is 6. The lowest BCUT2D eigenvalue weighted by atomic mass is 10.0. The zero-order chi connectivity index (χ0) is 29.0. The van der Waals surface area contributed by atoms with Crippen molar-refractivity contribution in [2.75, 3.05) is 0 Å². The van der Waals surface area contributed by atoms with Crippen molar-refractivity contribution in [3.8, 4) is 39.6 Å². The Morgan fingerprint density at radius 3 is 1.98 bits per heavy atom. The van der Waals surface area contributed by atoms with Gasteiger partial charge in [0.25, 0.3) is 0 Å². The van der Waals surface area contributed by atoms with Crippen molar-refractivity contribution < 1.29 is 4.42 Å². The van der Waals surface area contributed by atoms with Crippen molar-refractivity contribution in [1.29, 1.82) is 0 Å². The Morgan fingerprint density at radius 1 is 0.477 bits per heavy atom. The minimum atomic E-state index is 0.607. The number of benzene rings is 6. The van der Waals surface area contributed by atoms with E-state index in [9.17, 15) is 0 Å². The van der Waals surface area contributed by atoms with E-state index >= 15 is 0 Å². The van der Waals surface area contributed by atoms with Gasteiger partial charge in [-0.1, -0.05) is 97.1 Å². The van der Waals surface area contributed by atoms with E-state index in [1.807, 2.05) is 42.5 Å². The second-order valence-electron chi connectivity index (χ2n) is 10.9. The Bertz CT molecular complexity index is 2460. The van der Waals surface area contributed by atoms with Gasteiger partial charge in [0.15, 0.2) is 11.6 Å². The molecule has 0 spiro atoms. The molecule has 0 N–H and O–H groups in total. The van der Waals surface area contributed by atoms with Crippen molar-refractivity contribution >= 4 is 43.7 Å². The molecule has 0 fully saturated rings. The van der Waals surface area contributed by atoms with E-state index in [0.29, 0.717) is 11.6 Å². The number of para-hydroxylation sites is 2. The lowest BCUT2D eigenvalue weighted by molar-refractivity contribution is 0.669. The summed E-state index contributed by atoms with van der Waals surface area (Å²) in [5.41, 5.74) is 9.13. The van der Waals surface area contributed by atoms with Gasteiger partial charge in [0.1, 0.15) is 17.5 Å². The summed E-state index contributed by atoms with van der Waals surface area (Å²) in [6.45, 7) is 0. The molecular formula is C39H24N4O. The predicted octanol–water partition coefficient (Wildman–Crippen LogP) is 9.87. The number of furan rings is 1. The molecular weight excluding hydrogens is 540 g/mol. The van der Waals surface area contributed by atoms with Gasteiger partial charge in [-0.15, -0.1) is 0 Å². The predicted molar refractivity (Wildman–Crippen MR) is 178 cm³/mol. The fourth-order valence-corrected chi connectivity index (χ4v) is 6.37. The van der Waals surface area contributed by atoms with Crippen molar-refractivity contribution in [2.24, 2.45) is 0 Å². The van der Waals surface area contributed by atoms with Crippen LogP contribution in [-0.2, 0) is 0 Å². The van der Waals surface area contributed by atoms with Crippen molar-refractivity contribution in [2.45, 2.75) is 0 Å². The van der Waals surface area contributed by atoms with Crippen LogP contribution in [0.2, 0.25) is 0 Å². The first kappa shape index (κ1) is 24.5. The fourth-order valence-electron chi connectivity index (χ4n) is 6.37. The highest BCUT2D eigenvalue weighted by Crippen LogP contribution is 2.38. The van der Waals surface area contributed by atoms with E-state index in [1.54, 1.807) is 6.33 Å². The lowest BCUT2D eigenvalue weighted by Crippen LogP contribution is -1.96. The first-order chi connectivity index (χ1) is 21.8. The van der Waals surface area contributed by atoms with E-state index in [4.69, 9.17) is 9.40 Å². The number of aromatic nitrogens is 4. The molecule has 0 amide bonds. The minimum absolute atomic E-state index is 0.607. The summed E-state index contributed by atoms with van der Waals surface area (Å²) < 4.78 is 8.69. The third kappa shape index (κ3) is 3.83. The molecule has 0 aliphatic rings. The fraction of sp³-hybridized carbons (Fsp3) is 0. The van der Waals surface area contributed by atoms with Crippen LogP contribution in [0.1, 0.15) is 0 Å². The quantitative estimate of drug-likeness (QED) is 0.213. The van der Waals surface area contributed by atoms with E-state index < -0.39 is 0 Å². The maximum Gasteiger partial charge on any atom is 0.164 e. The summed E-state index contributed by atoms with van der Waals surface area (Å²) in [6, 6.07) is 48.2. The average Bonchev–Trinajstić information content (AvgIpc) is 3.64. The van der Waals surface area contributed by atoms with Gasteiger partial charge in [-0.25, -0.2) is 15.0 Å². The van der Waals surface area contributed by atoms with Crippen LogP contribution < -0.4 is 0 Å². The molecule has 206 valence electrons. The molecule has 0 radical (unpaired) electrons. The maximum atomic E-state index is 6.36. The molecule has 0 bridgehead atoms. The van der Waals surface area contributed by atoms with Crippen LogP contribution in [0.25, 0.3) is 83.3 Å². The molecule has 3 heterocycles. The molecule has 3 aromatic heterocycles. The first-order valence-corrected chi connectivity index (χ1v) is 14.6. The van der Waals surface area contributed by atoms with Crippen LogP contribution in [0, 0.1) is 0 Å². The molecule has 0 aliphatic heterocycles. The highest BCUT2D eigenvalue weighted by molar-refractivity contribution is 6.13. The summed E-state index contributed by atoms with van der Waals surface area (Å²) in [6.07, 6.45) is 1.59. The number of rotatable bonds is 4. The topological polar surface area (TPSA) is 56.7 Å². The van der Waals surface area contributed by atoms with Gasteiger partial charge < -0.3 is 8.98 Å². The van der Waals surface area contributed by atoms with Crippen LogP contribution in [0.5, 0.6) is 0 Å². The Kier molecular flexibility index (Phi) is 5.43. The second-order valence-corrected chi connectivity index (χ2v) is 10.9. The molecule has 5 nitrogen and oxygen atoms in total. The highest BCUT2D eigenvalue weighted by Gasteiger charge is 2.18. The molecule has 0 saturated heterocycles. The van der Waals surface area contributed by atoms with Crippen molar-refractivity contribution in [1.82, 2.24) is 19.5 Å². The summed E-state index contributed by atoms with van der Waals surface area (Å²) in [5, 5.41) is 4.47. The Balaban J connectivity index is 1.22. The van der Waals surface area contributed by atoms with Gasteiger partial charge in [0.05, 0.1) is 11.0 Å². The standard InChI is InChI=1S/C39H24N4O/c1-2-10-25(11-3-1)26-12-8-13-27(22-26)38-40-24-41-39(42-38)31-16-9-19-36-37(31)32-23-28(20-21-35(32)44-36)43-33-17-6-4-14-29(33)30-15-5-7-18-34(30)43/h1-24H. The third-order valence-corrected chi connectivity index (χ3v) is 8.36. The maximum absolute atomic E-state index is 6.36. The Labute approximate surface area is 252 Å². The van der Waals surface area contributed by atoms with Gasteiger partial charge in [-0.05, 0) is 53.6 Å². The van der Waals surface area contributed by atoms with Crippen molar-refractivity contribution in [3.63, 3.8) is 0 Å². The van der Waals surface area contributed by atoms with Gasteiger partial charge in [0.2, 0.25) is 0 Å². The van der Waals surface area contributed by atoms with Gasteiger partial charge in [-0.2, -0.15) is 0 Å². The monoisotopic (exact) mass is 564 g/mol. The molecule has 0 saturated carbocycles. The largest absolute Gasteiger partial charge is 0.456 e. The van der Waals surface area contributed by atoms with Crippen molar-refractivity contribution in [3.05, 3.63) is 146 Å². The molecule has 0 unspecified atom stereocenters. The summed E-state index contributed by atoms with van der Waals surface area (Å²) in [4.78, 5) is 14.2. The van der Waals surface area contributed by atoms with E-state index in [2.05, 4.69) is 112 Å². The van der Waals surface area contributed by atoms with E-state index in [-0.39, 0.29) is 0 Å². The molecule has 9 aromatic rings. The molecule has 6 aromatic carbocycles. The summed E-state index contributed by atoms with van der Waals surface area (Å²) in [7, 11) is 0. The van der Waals surface area contributed by atoms with Crippen LogP contribution >= 0.6 is 0 Å². The van der Waals surface area contributed by atoms with Crippen LogP contribution in [0.4, 0.5) is 0 Å². The van der Waals surface area contributed by atoms with Gasteiger partial charge in [-0.3, -0.25) is 0 Å². The molecule has 5 heteroatoms. The lowest BCUT2D eigenvalue weighted by Gasteiger charge is -2.09. The summed E-state index contributed by atoms with van der Waals surface area (Å²) >= 11 is 0. The van der Waals surface area contributed by atoms with Crippen LogP contribution in [-0.4, -0.2) is 19.5 Å². The van der Waals surface area contributed by atoms with Crippen LogP contribution in [0.15, 0.2) is 150 Å². The SMILES string of the molecule is c1ccc(-c2cccc(-c3ncnc(-c4cccc5oc6ccc(-n7c8ccccc8c8ccccc87)cc6c45)n3)c2)cc1. The zero-order valence-electron chi connectivity index (χ0n) is 23.6. The highest BCUT2D eigenvalue weighted by atomic mass is 16.3. The van der Waals surface area contributed by atoms with Crippen LogP contribution in [0.3, 0.4) is 0 Å². The van der Waals surface area contributed by atoms with E-state index in [0.717, 1.165) is 49.9 Å². The molecule has 0 atom stereocenters. The smallest absolute Gasteiger partial charge is 0.164 e. The molecule has 9 rings (SSSR count).